The van der Waals surface area contributed by atoms with Crippen LogP contribution in [0.2, 0.25) is 0 Å². The van der Waals surface area contributed by atoms with Gasteiger partial charge in [0.25, 0.3) is 0 Å². The van der Waals surface area contributed by atoms with Crippen molar-refractivity contribution in [1.29, 1.82) is 0 Å². The van der Waals surface area contributed by atoms with Crippen molar-refractivity contribution in [2.75, 3.05) is 0 Å². The van der Waals surface area contributed by atoms with Crippen molar-refractivity contribution in [2.24, 2.45) is 0 Å². The van der Waals surface area contributed by atoms with Gasteiger partial charge in [-0.05, 0) is 27.7 Å². The lowest BCUT2D eigenvalue weighted by molar-refractivity contribution is -0.875. The van der Waals surface area contributed by atoms with Gasteiger partial charge in [-0.3, -0.25) is 0 Å². The Morgan fingerprint density at radius 3 is 0.833 bits per heavy atom. The van der Waals surface area contributed by atoms with E-state index in [-0.39, 0.29) is 0 Å². The number of nitrogens with zero attached hydrogens (tertiary/aromatic N) is 4. The lowest BCUT2D eigenvalue weighted by atomic mass is 9.57. The molecule has 0 aromatic rings. The fourth-order valence-corrected chi connectivity index (χ4v) is 5.75. The predicted octanol–water partition coefficient (Wildman–Crippen LogP) is -0.0428. The van der Waals surface area contributed by atoms with E-state index in [4.69, 9.17) is 0 Å². The van der Waals surface area contributed by atoms with Crippen molar-refractivity contribution >= 4 is 0 Å². The second-order valence-electron chi connectivity index (χ2n) is 5.22. The highest BCUT2D eigenvalue weighted by Gasteiger charge is 3.15. The van der Waals surface area contributed by atoms with Crippen LogP contribution >= 0.6 is 0 Å². The summed E-state index contributed by atoms with van der Waals surface area (Å²) in [6.45, 7) is 9.31. The average molecular weight is 164 g/mol. The molecule has 6 aliphatic rings. The van der Waals surface area contributed by atoms with Gasteiger partial charge in [0.05, 0.1) is 0 Å². The Kier molecular flexibility index (Phi) is 0.378. The van der Waals surface area contributed by atoms with Gasteiger partial charge < -0.3 is 0 Å². The topological polar surface area (TPSA) is 13.0 Å². The Balaban J connectivity index is 1.86. The van der Waals surface area contributed by atoms with E-state index >= 15 is 0 Å². The molecular formula is C8H12N4. The van der Waals surface area contributed by atoms with E-state index in [1.54, 1.807) is 0 Å². The van der Waals surface area contributed by atoms with Crippen LogP contribution in [-0.4, -0.2) is 42.7 Å². The first kappa shape index (κ1) is 5.54. The van der Waals surface area contributed by atoms with Gasteiger partial charge in [-0.1, -0.05) is 0 Å². The first-order chi connectivity index (χ1) is 5.46. The molecule has 4 nitrogen and oxygen atoms in total. The summed E-state index contributed by atoms with van der Waals surface area (Å²) in [5.41, 5.74) is 0. The molecule has 0 bridgehead atoms. The Bertz CT molecular complexity index is 254. The largest absolute Gasteiger partial charge is 0.208 e. The van der Waals surface area contributed by atoms with E-state index in [2.05, 4.69) is 47.3 Å². The summed E-state index contributed by atoms with van der Waals surface area (Å²) in [5.74, 6) is 1.25. The zero-order valence-electron chi connectivity index (χ0n) is 7.79. The average Bonchev–Trinajstić information content (AvgIpc) is 1.78. The molecule has 0 aliphatic carbocycles. The van der Waals surface area contributed by atoms with Crippen LogP contribution in [0.5, 0.6) is 0 Å². The first-order valence-corrected chi connectivity index (χ1v) is 4.68. The zero-order chi connectivity index (χ0) is 8.31. The monoisotopic (exact) mass is 164 g/mol. The third-order valence-electron chi connectivity index (χ3n) is 5.08. The quantitative estimate of drug-likeness (QED) is 0.498. The Morgan fingerprint density at radius 2 is 0.667 bits per heavy atom. The molecule has 0 saturated carbocycles. The van der Waals surface area contributed by atoms with Crippen molar-refractivity contribution < 1.29 is 0 Å². The number of rotatable bonds is 0. The van der Waals surface area contributed by atoms with Crippen LogP contribution in [0.1, 0.15) is 27.7 Å². The van der Waals surface area contributed by atoms with E-state index in [0.717, 1.165) is 0 Å². The molecule has 0 aromatic carbocycles. The van der Waals surface area contributed by atoms with Crippen molar-refractivity contribution in [1.82, 2.24) is 19.6 Å². The molecule has 6 saturated heterocycles. The minimum absolute atomic E-state index is 0.312. The van der Waals surface area contributed by atoms with Crippen molar-refractivity contribution in [3.63, 3.8) is 0 Å². The van der Waals surface area contributed by atoms with E-state index in [0.29, 0.717) is 23.1 Å². The highest BCUT2D eigenvalue weighted by atomic mass is 16.3. The van der Waals surface area contributed by atoms with E-state index in [1.807, 2.05) is 0 Å². The Hall–Kier alpha value is -0.160. The van der Waals surface area contributed by atoms with Crippen molar-refractivity contribution in [2.45, 2.75) is 50.8 Å². The van der Waals surface area contributed by atoms with Gasteiger partial charge in [0, 0.05) is 0 Å². The fourth-order valence-electron chi connectivity index (χ4n) is 5.75. The highest BCUT2D eigenvalue weighted by Crippen LogP contribution is 2.93. The molecule has 64 valence electrons. The summed E-state index contributed by atoms with van der Waals surface area (Å²) in [7, 11) is 0. The molecule has 0 aromatic heterocycles. The smallest absolute Gasteiger partial charge is 0.143 e. The summed E-state index contributed by atoms with van der Waals surface area (Å²) in [6.07, 6.45) is 0. The number of hydrogen-bond acceptors (Lipinski definition) is 4. The molecule has 6 heterocycles. The van der Waals surface area contributed by atoms with Crippen LogP contribution in [0.4, 0.5) is 0 Å². The normalized spacial score (nSPS) is 83.0. The summed E-state index contributed by atoms with van der Waals surface area (Å²) in [5, 5.41) is 0. The van der Waals surface area contributed by atoms with Gasteiger partial charge in [0.1, 0.15) is 23.1 Å². The predicted molar refractivity (Wildman–Crippen MR) is 41.0 cm³/mol. The first-order valence-electron chi connectivity index (χ1n) is 4.68. The van der Waals surface area contributed by atoms with Crippen LogP contribution in [0, 0.1) is 0 Å². The van der Waals surface area contributed by atoms with Crippen LogP contribution in [0.3, 0.4) is 0 Å². The molecule has 0 radical (unpaired) electrons. The van der Waals surface area contributed by atoms with Crippen molar-refractivity contribution in [3.05, 3.63) is 0 Å². The second-order valence-corrected chi connectivity index (χ2v) is 5.22. The molecule has 6 rings (SSSR count). The van der Waals surface area contributed by atoms with Gasteiger partial charge in [-0.2, -0.15) is 0 Å². The minimum atomic E-state index is 0.312. The lowest BCUT2D eigenvalue weighted by Gasteiger charge is -3.19. The third kappa shape index (κ3) is 0.149. The number of hydrogen-bond donors (Lipinski definition) is 0. The fraction of sp³-hybridized carbons (Fsp3) is 1.00. The standard InChI is InChI=1S/C8H12N4/c1-5-9-6(2)10(5)8(4)11(5)7(9,3)12(6)8/h1-4H3. The van der Waals surface area contributed by atoms with E-state index < -0.39 is 0 Å². The molecule has 0 atom stereocenters. The maximum absolute atomic E-state index is 2.61. The summed E-state index contributed by atoms with van der Waals surface area (Å²) in [6, 6.07) is 0. The Labute approximate surface area is 71.3 Å². The molecule has 0 N–H and O–H groups in total. The van der Waals surface area contributed by atoms with Crippen LogP contribution in [-0.2, 0) is 0 Å². The van der Waals surface area contributed by atoms with Gasteiger partial charge in [-0.25, -0.2) is 19.6 Å². The maximum Gasteiger partial charge on any atom is 0.143 e. The summed E-state index contributed by atoms with van der Waals surface area (Å²) in [4.78, 5) is 10.4. The molecule has 0 spiro atoms. The van der Waals surface area contributed by atoms with Gasteiger partial charge in [0.15, 0.2) is 0 Å². The van der Waals surface area contributed by atoms with Gasteiger partial charge in [0.2, 0.25) is 0 Å². The second kappa shape index (κ2) is 0.817. The third-order valence-corrected chi connectivity index (χ3v) is 5.08. The van der Waals surface area contributed by atoms with Gasteiger partial charge in [-0.15, -0.1) is 0 Å². The van der Waals surface area contributed by atoms with Crippen LogP contribution in [0.25, 0.3) is 0 Å². The van der Waals surface area contributed by atoms with E-state index in [9.17, 15) is 0 Å². The molecule has 12 heavy (non-hydrogen) atoms. The Morgan fingerprint density at radius 1 is 0.500 bits per heavy atom. The molecule has 6 fully saturated rings. The SMILES string of the molecule is CC12N3C4(C)N1C1(C)N2C3(C)N41. The minimum Gasteiger partial charge on any atom is -0.208 e. The summed E-state index contributed by atoms with van der Waals surface area (Å²) < 4.78 is 0. The molecule has 0 amide bonds. The zero-order valence-corrected chi connectivity index (χ0v) is 7.79. The van der Waals surface area contributed by atoms with Crippen LogP contribution < -0.4 is 0 Å². The molecule has 0 unspecified atom stereocenters. The summed E-state index contributed by atoms with van der Waals surface area (Å²) >= 11 is 0. The molecule has 6 aliphatic heterocycles. The lowest BCUT2D eigenvalue weighted by Crippen LogP contribution is -3.40. The highest BCUT2D eigenvalue weighted by molar-refractivity contribution is 5.52. The van der Waals surface area contributed by atoms with Gasteiger partial charge >= 0.3 is 0 Å². The van der Waals surface area contributed by atoms with Crippen LogP contribution in [0.15, 0.2) is 0 Å². The molecule has 4 heteroatoms. The van der Waals surface area contributed by atoms with Crippen molar-refractivity contribution in [3.8, 4) is 0 Å². The molecular weight excluding hydrogens is 152 g/mol. The van der Waals surface area contributed by atoms with E-state index in [1.165, 1.54) is 0 Å². The maximum atomic E-state index is 2.61.